The standard InChI is InChI=1S/C11H16FNO2/c1-11(13,7-14)6-8-5-9(12)3-4-10(8)15-2/h3-5,14H,6-7,13H2,1-2H3. The van der Waals surface area contributed by atoms with Crippen LogP contribution in [0.2, 0.25) is 0 Å². The molecule has 1 rings (SSSR count). The molecule has 0 amide bonds. The quantitative estimate of drug-likeness (QED) is 0.787. The predicted molar refractivity (Wildman–Crippen MR) is 56.3 cm³/mol. The highest BCUT2D eigenvalue weighted by Gasteiger charge is 2.20. The Bertz CT molecular complexity index is 339. The molecule has 15 heavy (non-hydrogen) atoms. The molecule has 0 radical (unpaired) electrons. The molecule has 0 aliphatic carbocycles. The van der Waals surface area contributed by atoms with E-state index in [0.29, 0.717) is 17.7 Å². The molecule has 0 fully saturated rings. The van der Waals surface area contributed by atoms with E-state index in [1.165, 1.54) is 19.2 Å². The fraction of sp³-hybridized carbons (Fsp3) is 0.455. The van der Waals surface area contributed by atoms with E-state index in [4.69, 9.17) is 15.6 Å². The van der Waals surface area contributed by atoms with Crippen molar-refractivity contribution in [2.75, 3.05) is 13.7 Å². The average Bonchev–Trinajstić information content (AvgIpc) is 2.18. The van der Waals surface area contributed by atoms with Gasteiger partial charge in [0.05, 0.1) is 13.7 Å². The molecule has 0 heterocycles. The summed E-state index contributed by atoms with van der Waals surface area (Å²) in [4.78, 5) is 0. The first-order chi connectivity index (χ1) is 6.98. The number of hydrogen-bond acceptors (Lipinski definition) is 3. The topological polar surface area (TPSA) is 55.5 Å². The van der Waals surface area contributed by atoms with Crippen molar-refractivity contribution in [3.63, 3.8) is 0 Å². The van der Waals surface area contributed by atoms with Crippen LogP contribution in [0, 0.1) is 5.82 Å². The van der Waals surface area contributed by atoms with Crippen molar-refractivity contribution in [2.24, 2.45) is 5.73 Å². The summed E-state index contributed by atoms with van der Waals surface area (Å²) in [6.07, 6.45) is 0.366. The Morgan fingerprint density at radius 1 is 1.53 bits per heavy atom. The molecule has 1 atom stereocenters. The van der Waals surface area contributed by atoms with Gasteiger partial charge in [-0.2, -0.15) is 0 Å². The molecule has 0 saturated carbocycles. The lowest BCUT2D eigenvalue weighted by molar-refractivity contribution is 0.207. The number of rotatable bonds is 4. The normalized spacial score (nSPS) is 14.7. The summed E-state index contributed by atoms with van der Waals surface area (Å²) in [6, 6.07) is 4.26. The van der Waals surface area contributed by atoms with E-state index in [1.807, 2.05) is 0 Å². The van der Waals surface area contributed by atoms with Crippen molar-refractivity contribution in [2.45, 2.75) is 18.9 Å². The van der Waals surface area contributed by atoms with Gasteiger partial charge in [-0.05, 0) is 37.1 Å². The van der Waals surface area contributed by atoms with Gasteiger partial charge in [0, 0.05) is 5.54 Å². The van der Waals surface area contributed by atoms with Crippen LogP contribution in [-0.2, 0) is 6.42 Å². The number of methoxy groups -OCH3 is 1. The molecule has 1 aromatic rings. The lowest BCUT2D eigenvalue weighted by Crippen LogP contribution is -2.42. The average molecular weight is 213 g/mol. The Balaban J connectivity index is 2.97. The SMILES string of the molecule is COc1ccc(F)cc1CC(C)(N)CO. The molecule has 84 valence electrons. The zero-order valence-electron chi connectivity index (χ0n) is 8.96. The van der Waals surface area contributed by atoms with E-state index in [0.717, 1.165) is 0 Å². The fourth-order valence-electron chi connectivity index (χ4n) is 1.38. The first-order valence-corrected chi connectivity index (χ1v) is 4.70. The third-order valence-electron chi connectivity index (χ3n) is 2.20. The maximum absolute atomic E-state index is 13.0. The Hall–Kier alpha value is -1.13. The minimum atomic E-state index is -0.763. The second kappa shape index (κ2) is 4.59. The fourth-order valence-corrected chi connectivity index (χ4v) is 1.38. The van der Waals surface area contributed by atoms with Gasteiger partial charge in [0.15, 0.2) is 0 Å². The minimum absolute atomic E-state index is 0.160. The number of nitrogens with two attached hydrogens (primary N) is 1. The lowest BCUT2D eigenvalue weighted by Gasteiger charge is -2.22. The first kappa shape index (κ1) is 11.9. The van der Waals surface area contributed by atoms with E-state index in [1.54, 1.807) is 13.0 Å². The van der Waals surface area contributed by atoms with Crippen LogP contribution >= 0.6 is 0 Å². The molecular formula is C11H16FNO2. The predicted octanol–water partition coefficient (Wildman–Crippen LogP) is 1.09. The van der Waals surface area contributed by atoms with Gasteiger partial charge in [-0.15, -0.1) is 0 Å². The highest BCUT2D eigenvalue weighted by atomic mass is 19.1. The van der Waals surface area contributed by atoms with E-state index in [2.05, 4.69) is 0 Å². The Morgan fingerprint density at radius 2 is 2.20 bits per heavy atom. The summed E-state index contributed by atoms with van der Waals surface area (Å²) >= 11 is 0. The van der Waals surface area contributed by atoms with Crippen LogP contribution in [-0.4, -0.2) is 24.4 Å². The summed E-state index contributed by atoms with van der Waals surface area (Å²) in [5.41, 5.74) is 5.69. The number of ether oxygens (including phenoxy) is 1. The second-order valence-electron chi connectivity index (χ2n) is 3.95. The van der Waals surface area contributed by atoms with Crippen LogP contribution in [0.15, 0.2) is 18.2 Å². The van der Waals surface area contributed by atoms with Crippen molar-refractivity contribution in [1.82, 2.24) is 0 Å². The largest absolute Gasteiger partial charge is 0.496 e. The second-order valence-corrected chi connectivity index (χ2v) is 3.95. The molecule has 0 saturated heterocycles. The van der Waals surface area contributed by atoms with E-state index >= 15 is 0 Å². The molecular weight excluding hydrogens is 197 g/mol. The maximum atomic E-state index is 13.0. The summed E-state index contributed by atoms with van der Waals surface area (Å²) in [7, 11) is 1.52. The number of benzene rings is 1. The molecule has 3 N–H and O–H groups in total. The zero-order chi connectivity index (χ0) is 11.5. The Kier molecular flexibility index (Phi) is 3.66. The molecule has 0 bridgehead atoms. The smallest absolute Gasteiger partial charge is 0.123 e. The summed E-state index contributed by atoms with van der Waals surface area (Å²) in [6.45, 7) is 1.55. The summed E-state index contributed by atoms with van der Waals surface area (Å²) in [5, 5.41) is 9.03. The summed E-state index contributed by atoms with van der Waals surface area (Å²) in [5.74, 6) is 0.251. The van der Waals surface area contributed by atoms with Crippen molar-refractivity contribution in [1.29, 1.82) is 0 Å². The van der Waals surface area contributed by atoms with Crippen molar-refractivity contribution in [3.8, 4) is 5.75 Å². The Labute approximate surface area is 88.7 Å². The van der Waals surface area contributed by atoms with Crippen LogP contribution in [0.25, 0.3) is 0 Å². The van der Waals surface area contributed by atoms with E-state index < -0.39 is 5.54 Å². The molecule has 1 aromatic carbocycles. The molecule has 0 aliphatic heterocycles. The zero-order valence-corrected chi connectivity index (χ0v) is 8.96. The third kappa shape index (κ3) is 3.18. The van der Waals surface area contributed by atoms with E-state index in [-0.39, 0.29) is 12.4 Å². The first-order valence-electron chi connectivity index (χ1n) is 4.70. The van der Waals surface area contributed by atoms with Crippen LogP contribution in [0.5, 0.6) is 5.75 Å². The van der Waals surface area contributed by atoms with Gasteiger partial charge in [0.2, 0.25) is 0 Å². The molecule has 3 nitrogen and oxygen atoms in total. The molecule has 4 heteroatoms. The van der Waals surface area contributed by atoms with Gasteiger partial charge in [0.1, 0.15) is 11.6 Å². The van der Waals surface area contributed by atoms with Crippen LogP contribution in [0.1, 0.15) is 12.5 Å². The number of aliphatic hydroxyl groups excluding tert-OH is 1. The van der Waals surface area contributed by atoms with Gasteiger partial charge in [0.25, 0.3) is 0 Å². The van der Waals surface area contributed by atoms with Gasteiger partial charge < -0.3 is 15.6 Å². The number of aliphatic hydroxyl groups is 1. The van der Waals surface area contributed by atoms with Gasteiger partial charge >= 0.3 is 0 Å². The summed E-state index contributed by atoms with van der Waals surface area (Å²) < 4.78 is 18.1. The highest BCUT2D eigenvalue weighted by molar-refractivity contribution is 5.35. The Morgan fingerprint density at radius 3 is 2.73 bits per heavy atom. The minimum Gasteiger partial charge on any atom is -0.496 e. The van der Waals surface area contributed by atoms with Crippen LogP contribution in [0.4, 0.5) is 4.39 Å². The van der Waals surface area contributed by atoms with Crippen LogP contribution < -0.4 is 10.5 Å². The number of hydrogen-bond donors (Lipinski definition) is 2. The van der Waals surface area contributed by atoms with Crippen molar-refractivity contribution in [3.05, 3.63) is 29.6 Å². The van der Waals surface area contributed by atoms with Crippen molar-refractivity contribution >= 4 is 0 Å². The van der Waals surface area contributed by atoms with Crippen molar-refractivity contribution < 1.29 is 14.2 Å². The molecule has 0 aromatic heterocycles. The highest BCUT2D eigenvalue weighted by Crippen LogP contribution is 2.22. The van der Waals surface area contributed by atoms with Gasteiger partial charge in [-0.25, -0.2) is 4.39 Å². The monoisotopic (exact) mass is 213 g/mol. The molecule has 0 aliphatic rings. The maximum Gasteiger partial charge on any atom is 0.123 e. The number of halogens is 1. The van der Waals surface area contributed by atoms with E-state index in [9.17, 15) is 4.39 Å². The van der Waals surface area contributed by atoms with Gasteiger partial charge in [-0.1, -0.05) is 0 Å². The molecule has 0 spiro atoms. The molecule has 1 unspecified atom stereocenters. The van der Waals surface area contributed by atoms with Crippen LogP contribution in [0.3, 0.4) is 0 Å². The third-order valence-corrected chi connectivity index (χ3v) is 2.20. The lowest BCUT2D eigenvalue weighted by atomic mass is 9.94. The van der Waals surface area contributed by atoms with Gasteiger partial charge in [-0.3, -0.25) is 0 Å².